The van der Waals surface area contributed by atoms with Crippen LogP contribution in [0.25, 0.3) is 0 Å². The molecule has 40 heavy (non-hydrogen) atoms. The molecule has 1 spiro atoms. The van der Waals surface area contributed by atoms with E-state index in [1.807, 2.05) is 6.92 Å². The molecule has 2 heterocycles. The molecule has 1 unspecified atom stereocenters. The molecule has 0 radical (unpaired) electrons. The number of fused-ring (bicyclic) bond motifs is 2. The highest BCUT2D eigenvalue weighted by atomic mass is 32.2. The summed E-state index contributed by atoms with van der Waals surface area (Å²) in [5, 5.41) is 7.61. The SMILES string of the molecule is CCNC(=O)Nc1ccc2c(c1)S(=O)(=O)CC21NC(=O)N(CC(=O)N(Cc2ccc(F)cc2)[C@@H](C)C2CC2)C1=O. The zero-order chi connectivity index (χ0) is 28.8. The minimum atomic E-state index is -4.01. The molecule has 1 saturated heterocycles. The Kier molecular flexibility index (Phi) is 7.02. The van der Waals surface area contributed by atoms with Gasteiger partial charge in [0, 0.05) is 30.4 Å². The van der Waals surface area contributed by atoms with Crippen molar-refractivity contribution in [1.29, 1.82) is 0 Å². The van der Waals surface area contributed by atoms with Crippen LogP contribution in [0.5, 0.6) is 0 Å². The second-order valence-corrected chi connectivity index (χ2v) is 12.4. The standard InChI is InChI=1S/C27H30FN5O6S/c1-3-29-25(36)30-20-10-11-21-22(12-20)40(38,39)15-27(21)24(35)33(26(37)31-27)14-23(34)32(16(2)18-6-7-18)13-17-4-8-19(28)9-5-17/h4-5,8-12,16,18H,3,6-7,13-15H2,1-2H3,(H,31,37)(H2,29,30,36)/t16-,27?/m0/s1. The number of urea groups is 2. The molecule has 1 aliphatic carbocycles. The van der Waals surface area contributed by atoms with E-state index in [1.54, 1.807) is 24.0 Å². The van der Waals surface area contributed by atoms with Crippen LogP contribution in [0.3, 0.4) is 0 Å². The summed E-state index contributed by atoms with van der Waals surface area (Å²) in [6.45, 7) is 3.60. The minimum absolute atomic E-state index is 0.0803. The predicted octanol–water partition coefficient (Wildman–Crippen LogP) is 2.33. The zero-order valence-corrected chi connectivity index (χ0v) is 22.9. The van der Waals surface area contributed by atoms with E-state index >= 15 is 0 Å². The summed E-state index contributed by atoms with van der Waals surface area (Å²) >= 11 is 0. The molecule has 0 bridgehead atoms. The minimum Gasteiger partial charge on any atom is -0.338 e. The molecular weight excluding hydrogens is 541 g/mol. The van der Waals surface area contributed by atoms with Crippen molar-refractivity contribution in [2.24, 2.45) is 5.92 Å². The Bertz CT molecular complexity index is 1490. The molecular formula is C27H30FN5O6S. The predicted molar refractivity (Wildman–Crippen MR) is 142 cm³/mol. The lowest BCUT2D eigenvalue weighted by Gasteiger charge is -2.31. The van der Waals surface area contributed by atoms with Crippen LogP contribution in [-0.2, 0) is 31.5 Å². The summed E-state index contributed by atoms with van der Waals surface area (Å²) in [7, 11) is -4.01. The Balaban J connectivity index is 1.39. The van der Waals surface area contributed by atoms with E-state index in [0.717, 1.165) is 17.7 Å². The number of benzene rings is 2. The van der Waals surface area contributed by atoms with Crippen LogP contribution < -0.4 is 16.0 Å². The molecule has 6 amide bonds. The second kappa shape index (κ2) is 10.2. The molecule has 1 saturated carbocycles. The number of hydrogen-bond acceptors (Lipinski definition) is 6. The van der Waals surface area contributed by atoms with Gasteiger partial charge < -0.3 is 20.9 Å². The largest absolute Gasteiger partial charge is 0.338 e. The van der Waals surface area contributed by atoms with Gasteiger partial charge in [-0.05, 0) is 62.4 Å². The fourth-order valence-electron chi connectivity index (χ4n) is 5.34. The molecule has 2 aliphatic heterocycles. The van der Waals surface area contributed by atoms with Gasteiger partial charge in [-0.15, -0.1) is 0 Å². The molecule has 2 aromatic carbocycles. The quantitative estimate of drug-likeness (QED) is 0.415. The Hall–Kier alpha value is -4.00. The summed E-state index contributed by atoms with van der Waals surface area (Å²) in [5.74, 6) is -2.13. The van der Waals surface area contributed by atoms with Crippen molar-refractivity contribution in [3.63, 3.8) is 0 Å². The van der Waals surface area contributed by atoms with Crippen LogP contribution in [0, 0.1) is 11.7 Å². The number of hydrogen-bond donors (Lipinski definition) is 3. The van der Waals surface area contributed by atoms with E-state index in [0.29, 0.717) is 12.1 Å². The Morgan fingerprint density at radius 2 is 1.88 bits per heavy atom. The highest BCUT2D eigenvalue weighted by molar-refractivity contribution is 7.92. The molecule has 2 aromatic rings. The molecule has 13 heteroatoms. The fraction of sp³-hybridized carbons (Fsp3) is 0.407. The third-order valence-electron chi connectivity index (χ3n) is 7.63. The number of halogens is 1. The van der Waals surface area contributed by atoms with Crippen molar-refractivity contribution in [3.8, 4) is 0 Å². The summed E-state index contributed by atoms with van der Waals surface area (Å²) in [6, 6.07) is 8.29. The number of nitrogens with zero attached hydrogens (tertiary/aromatic N) is 2. The average molecular weight is 572 g/mol. The van der Waals surface area contributed by atoms with Gasteiger partial charge in [-0.2, -0.15) is 0 Å². The van der Waals surface area contributed by atoms with E-state index in [9.17, 15) is 32.0 Å². The van der Waals surface area contributed by atoms with Crippen LogP contribution in [0.4, 0.5) is 19.7 Å². The van der Waals surface area contributed by atoms with Crippen LogP contribution in [0.1, 0.15) is 37.8 Å². The van der Waals surface area contributed by atoms with Crippen LogP contribution in [0.15, 0.2) is 47.4 Å². The highest BCUT2D eigenvalue weighted by Gasteiger charge is 2.60. The maximum atomic E-state index is 13.7. The number of anilines is 1. The summed E-state index contributed by atoms with van der Waals surface area (Å²) in [5.41, 5.74) is -0.889. The van der Waals surface area contributed by atoms with E-state index in [4.69, 9.17) is 0 Å². The number of imide groups is 1. The van der Waals surface area contributed by atoms with Gasteiger partial charge in [0.05, 0.1) is 10.6 Å². The zero-order valence-electron chi connectivity index (χ0n) is 22.1. The molecule has 212 valence electrons. The Morgan fingerprint density at radius 3 is 2.52 bits per heavy atom. The van der Waals surface area contributed by atoms with Gasteiger partial charge in [0.1, 0.15) is 12.4 Å². The van der Waals surface area contributed by atoms with Crippen molar-refractivity contribution in [3.05, 3.63) is 59.4 Å². The average Bonchev–Trinajstić information content (AvgIpc) is 3.69. The molecule has 3 N–H and O–H groups in total. The molecule has 0 aromatic heterocycles. The van der Waals surface area contributed by atoms with Gasteiger partial charge in [0.2, 0.25) is 5.91 Å². The fourth-order valence-corrected chi connectivity index (χ4v) is 7.30. The van der Waals surface area contributed by atoms with Gasteiger partial charge in [-0.1, -0.05) is 18.2 Å². The van der Waals surface area contributed by atoms with Crippen molar-refractivity contribution < 1.29 is 32.0 Å². The van der Waals surface area contributed by atoms with Crippen LogP contribution in [0.2, 0.25) is 0 Å². The van der Waals surface area contributed by atoms with Crippen LogP contribution >= 0.6 is 0 Å². The topological polar surface area (TPSA) is 145 Å². The number of carbonyl (C=O) groups is 4. The van der Waals surface area contributed by atoms with Gasteiger partial charge in [0.15, 0.2) is 15.4 Å². The first-order valence-electron chi connectivity index (χ1n) is 13.1. The molecule has 5 rings (SSSR count). The first kappa shape index (κ1) is 27.6. The molecule has 11 nitrogen and oxygen atoms in total. The third kappa shape index (κ3) is 5.01. The maximum Gasteiger partial charge on any atom is 0.325 e. The van der Waals surface area contributed by atoms with Gasteiger partial charge in [-0.3, -0.25) is 14.5 Å². The summed E-state index contributed by atoms with van der Waals surface area (Å²) in [4.78, 5) is 54.3. The monoisotopic (exact) mass is 571 g/mol. The van der Waals surface area contributed by atoms with Crippen molar-refractivity contribution >= 4 is 39.4 Å². The smallest absolute Gasteiger partial charge is 0.325 e. The Morgan fingerprint density at radius 1 is 1.18 bits per heavy atom. The lowest BCUT2D eigenvalue weighted by atomic mass is 9.92. The normalized spacial score (nSPS) is 21.6. The third-order valence-corrected chi connectivity index (χ3v) is 9.45. The van der Waals surface area contributed by atoms with E-state index in [-0.39, 0.29) is 34.7 Å². The van der Waals surface area contributed by atoms with Gasteiger partial charge >= 0.3 is 12.1 Å². The molecule has 2 atom stereocenters. The van der Waals surface area contributed by atoms with Crippen LogP contribution in [-0.4, -0.2) is 67.0 Å². The Labute approximate surface area is 231 Å². The van der Waals surface area contributed by atoms with Crippen molar-refractivity contribution in [2.75, 3.05) is 24.2 Å². The summed E-state index contributed by atoms with van der Waals surface area (Å²) < 4.78 is 39.6. The maximum absolute atomic E-state index is 13.7. The van der Waals surface area contributed by atoms with E-state index in [2.05, 4.69) is 16.0 Å². The molecule has 2 fully saturated rings. The van der Waals surface area contributed by atoms with E-state index < -0.39 is 57.4 Å². The number of carbonyl (C=O) groups excluding carboxylic acids is 4. The number of rotatable bonds is 8. The van der Waals surface area contributed by atoms with Crippen molar-refractivity contribution in [2.45, 2.75) is 49.7 Å². The second-order valence-electron chi connectivity index (χ2n) is 10.4. The van der Waals surface area contributed by atoms with Crippen molar-refractivity contribution in [1.82, 2.24) is 20.4 Å². The number of sulfone groups is 1. The van der Waals surface area contributed by atoms with Gasteiger partial charge in [0.25, 0.3) is 5.91 Å². The molecule has 3 aliphatic rings. The number of nitrogens with one attached hydrogen (secondary N) is 3. The van der Waals surface area contributed by atoms with E-state index in [1.165, 1.54) is 30.3 Å². The van der Waals surface area contributed by atoms with Gasteiger partial charge in [-0.25, -0.2) is 22.4 Å². The lowest BCUT2D eigenvalue weighted by Crippen LogP contribution is -2.48. The summed E-state index contributed by atoms with van der Waals surface area (Å²) in [6.07, 6.45) is 1.90. The number of amides is 6. The first-order chi connectivity index (χ1) is 18.9. The first-order valence-corrected chi connectivity index (χ1v) is 14.7. The highest BCUT2D eigenvalue weighted by Crippen LogP contribution is 2.43. The lowest BCUT2D eigenvalue weighted by molar-refractivity contribution is -0.140.